The third kappa shape index (κ3) is 2.34. The molecule has 3 aromatic heterocycles. The molecule has 2 fully saturated rings. The van der Waals surface area contributed by atoms with Crippen LogP contribution in [0.15, 0.2) is 30.5 Å². The lowest BCUT2D eigenvalue weighted by atomic mass is 10.0. The molecule has 128 valence electrons. The van der Waals surface area contributed by atoms with E-state index in [0.717, 1.165) is 66.4 Å². The Bertz CT molecular complexity index is 936. The van der Waals surface area contributed by atoms with E-state index < -0.39 is 0 Å². The molecule has 7 heteroatoms. The molecule has 2 aliphatic heterocycles. The minimum absolute atomic E-state index is 0.503. The van der Waals surface area contributed by atoms with Crippen molar-refractivity contribution >= 4 is 17.3 Å². The highest BCUT2D eigenvalue weighted by Crippen LogP contribution is 2.31. The summed E-state index contributed by atoms with van der Waals surface area (Å²) in [4.78, 5) is 11.1. The van der Waals surface area contributed by atoms with Gasteiger partial charge in [-0.2, -0.15) is 0 Å². The van der Waals surface area contributed by atoms with Crippen LogP contribution in [0.25, 0.3) is 16.9 Å². The zero-order valence-electron chi connectivity index (χ0n) is 14.2. The van der Waals surface area contributed by atoms with Crippen molar-refractivity contribution in [1.82, 2.24) is 24.9 Å². The van der Waals surface area contributed by atoms with Gasteiger partial charge in [0.2, 0.25) is 0 Å². The number of anilines is 2. The second kappa shape index (κ2) is 5.42. The Balaban J connectivity index is 1.58. The summed E-state index contributed by atoms with van der Waals surface area (Å²) in [6.07, 6.45) is 1.72. The first-order valence-electron chi connectivity index (χ1n) is 8.73. The van der Waals surface area contributed by atoms with Crippen LogP contribution in [0.3, 0.4) is 0 Å². The van der Waals surface area contributed by atoms with Gasteiger partial charge in [-0.15, -0.1) is 5.10 Å². The molecule has 25 heavy (non-hydrogen) atoms. The van der Waals surface area contributed by atoms with Crippen molar-refractivity contribution in [2.75, 3.05) is 36.8 Å². The van der Waals surface area contributed by atoms with Crippen LogP contribution in [0.2, 0.25) is 0 Å². The standard InChI is InChI=1S/C18H21N7/c1-11-18(12-4-5-21-15(19)6-12)25-16(22-11)2-3-17(23-25)24-9-13-7-20-8-14(13)10-24/h2-6,13-14,20H,7-10H2,1H3,(H2,19,21). The Kier molecular flexibility index (Phi) is 3.18. The normalized spacial score (nSPS) is 22.7. The van der Waals surface area contributed by atoms with Crippen molar-refractivity contribution in [1.29, 1.82) is 0 Å². The topological polar surface area (TPSA) is 84.4 Å². The molecule has 3 N–H and O–H groups in total. The van der Waals surface area contributed by atoms with Crippen LogP contribution >= 0.6 is 0 Å². The molecule has 2 aliphatic rings. The average molecular weight is 335 g/mol. The molecule has 5 rings (SSSR count). The van der Waals surface area contributed by atoms with Gasteiger partial charge in [0.1, 0.15) is 11.6 Å². The summed E-state index contributed by atoms with van der Waals surface area (Å²) in [5.41, 5.74) is 9.63. The lowest BCUT2D eigenvalue weighted by Crippen LogP contribution is -2.26. The Labute approximate surface area is 145 Å². The smallest absolute Gasteiger partial charge is 0.154 e. The fourth-order valence-corrected chi connectivity index (χ4v) is 4.17. The third-order valence-corrected chi connectivity index (χ3v) is 5.41. The van der Waals surface area contributed by atoms with Crippen LogP contribution in [0.4, 0.5) is 11.6 Å². The van der Waals surface area contributed by atoms with Crippen LogP contribution in [-0.4, -0.2) is 45.8 Å². The summed E-state index contributed by atoms with van der Waals surface area (Å²) in [6.45, 7) is 6.39. The van der Waals surface area contributed by atoms with E-state index >= 15 is 0 Å². The maximum atomic E-state index is 5.87. The Hall–Kier alpha value is -2.67. The van der Waals surface area contributed by atoms with Crippen molar-refractivity contribution < 1.29 is 0 Å². The first-order valence-corrected chi connectivity index (χ1v) is 8.73. The molecule has 2 unspecified atom stereocenters. The van der Waals surface area contributed by atoms with Gasteiger partial charge in [0.15, 0.2) is 5.65 Å². The number of hydrogen-bond donors (Lipinski definition) is 2. The number of hydrogen-bond acceptors (Lipinski definition) is 6. The van der Waals surface area contributed by atoms with Gasteiger partial charge in [0.05, 0.1) is 11.4 Å². The lowest BCUT2D eigenvalue weighted by molar-refractivity contribution is 0.533. The van der Waals surface area contributed by atoms with Gasteiger partial charge in [-0.25, -0.2) is 14.5 Å². The van der Waals surface area contributed by atoms with Crippen molar-refractivity contribution in [3.63, 3.8) is 0 Å². The molecule has 0 aliphatic carbocycles. The molecule has 3 aromatic rings. The van der Waals surface area contributed by atoms with Crippen LogP contribution in [0, 0.1) is 18.8 Å². The van der Waals surface area contributed by atoms with Crippen LogP contribution in [0.1, 0.15) is 5.69 Å². The molecule has 0 bridgehead atoms. The molecular weight excluding hydrogens is 314 g/mol. The molecule has 0 aromatic carbocycles. The van der Waals surface area contributed by atoms with Gasteiger partial charge in [-0.05, 0) is 43.0 Å². The maximum Gasteiger partial charge on any atom is 0.154 e. The number of fused-ring (bicyclic) bond motifs is 2. The van der Waals surface area contributed by atoms with Crippen molar-refractivity contribution in [3.8, 4) is 11.3 Å². The number of imidazole rings is 1. The predicted molar refractivity (Wildman–Crippen MR) is 97.4 cm³/mol. The minimum Gasteiger partial charge on any atom is -0.384 e. The number of aryl methyl sites for hydroxylation is 1. The third-order valence-electron chi connectivity index (χ3n) is 5.41. The lowest BCUT2D eigenvalue weighted by Gasteiger charge is -2.18. The average Bonchev–Trinajstić information content (AvgIpc) is 3.25. The molecule has 0 spiro atoms. The van der Waals surface area contributed by atoms with Crippen molar-refractivity contribution in [3.05, 3.63) is 36.2 Å². The molecule has 0 radical (unpaired) electrons. The summed E-state index contributed by atoms with van der Waals surface area (Å²) in [6, 6.07) is 7.96. The number of aromatic nitrogens is 4. The zero-order valence-corrected chi connectivity index (χ0v) is 14.2. The predicted octanol–water partition coefficient (Wildman–Crippen LogP) is 1.34. The number of nitrogens with one attached hydrogen (secondary N) is 1. The van der Waals surface area contributed by atoms with Gasteiger partial charge in [0, 0.05) is 37.9 Å². The van der Waals surface area contributed by atoms with Gasteiger partial charge in [-0.1, -0.05) is 0 Å². The van der Waals surface area contributed by atoms with Crippen LogP contribution < -0.4 is 16.0 Å². The summed E-state index contributed by atoms with van der Waals surface area (Å²) < 4.78 is 1.94. The summed E-state index contributed by atoms with van der Waals surface area (Å²) in [7, 11) is 0. The van der Waals surface area contributed by atoms with E-state index in [1.165, 1.54) is 0 Å². The molecule has 5 heterocycles. The first kappa shape index (κ1) is 14.7. The maximum absolute atomic E-state index is 5.87. The second-order valence-corrected chi connectivity index (χ2v) is 7.06. The van der Waals surface area contributed by atoms with Crippen LogP contribution in [0.5, 0.6) is 0 Å². The fourth-order valence-electron chi connectivity index (χ4n) is 4.17. The molecule has 2 atom stereocenters. The van der Waals surface area contributed by atoms with E-state index in [1.807, 2.05) is 23.6 Å². The highest BCUT2D eigenvalue weighted by molar-refractivity contribution is 5.68. The SMILES string of the molecule is Cc1nc2ccc(N3CC4CNCC4C3)nn2c1-c1ccnc(N)c1. The summed E-state index contributed by atoms with van der Waals surface area (Å²) in [5, 5.41) is 8.39. The van der Waals surface area contributed by atoms with E-state index in [4.69, 9.17) is 10.8 Å². The molecular formula is C18H21N7. The fraction of sp³-hybridized carbons (Fsp3) is 0.389. The van der Waals surface area contributed by atoms with E-state index in [0.29, 0.717) is 5.82 Å². The number of nitrogens with zero attached hydrogens (tertiary/aromatic N) is 5. The first-order chi connectivity index (χ1) is 12.2. The Morgan fingerprint density at radius 3 is 2.72 bits per heavy atom. The molecule has 0 saturated carbocycles. The van der Waals surface area contributed by atoms with E-state index in [-0.39, 0.29) is 0 Å². The molecule has 2 saturated heterocycles. The van der Waals surface area contributed by atoms with E-state index in [2.05, 4.69) is 32.3 Å². The van der Waals surface area contributed by atoms with Gasteiger partial charge < -0.3 is 16.0 Å². The van der Waals surface area contributed by atoms with E-state index in [9.17, 15) is 0 Å². The molecule has 0 amide bonds. The quantitative estimate of drug-likeness (QED) is 0.735. The van der Waals surface area contributed by atoms with Crippen molar-refractivity contribution in [2.24, 2.45) is 11.8 Å². The minimum atomic E-state index is 0.503. The van der Waals surface area contributed by atoms with Crippen molar-refractivity contribution in [2.45, 2.75) is 6.92 Å². The van der Waals surface area contributed by atoms with E-state index in [1.54, 1.807) is 6.20 Å². The summed E-state index contributed by atoms with van der Waals surface area (Å²) >= 11 is 0. The summed E-state index contributed by atoms with van der Waals surface area (Å²) in [5.74, 6) is 2.99. The number of nitrogens with two attached hydrogens (primary N) is 1. The van der Waals surface area contributed by atoms with Gasteiger partial charge >= 0.3 is 0 Å². The van der Waals surface area contributed by atoms with Gasteiger partial charge in [0.25, 0.3) is 0 Å². The zero-order chi connectivity index (χ0) is 17.0. The monoisotopic (exact) mass is 335 g/mol. The largest absolute Gasteiger partial charge is 0.384 e. The Morgan fingerprint density at radius 2 is 1.96 bits per heavy atom. The highest BCUT2D eigenvalue weighted by atomic mass is 15.3. The Morgan fingerprint density at radius 1 is 1.16 bits per heavy atom. The number of pyridine rings is 1. The number of nitrogen functional groups attached to an aromatic ring is 1. The second-order valence-electron chi connectivity index (χ2n) is 7.06. The number of rotatable bonds is 2. The van der Waals surface area contributed by atoms with Crippen LogP contribution in [-0.2, 0) is 0 Å². The van der Waals surface area contributed by atoms with Gasteiger partial charge in [-0.3, -0.25) is 0 Å². The molecule has 7 nitrogen and oxygen atoms in total. The highest BCUT2D eigenvalue weighted by Gasteiger charge is 2.36.